The second kappa shape index (κ2) is 5.05. The Kier molecular flexibility index (Phi) is 3.09. The van der Waals surface area contributed by atoms with Crippen molar-refractivity contribution in [2.45, 2.75) is 24.9 Å². The summed E-state index contributed by atoms with van der Waals surface area (Å²) >= 11 is 0. The molecule has 24 heavy (non-hydrogen) atoms. The Morgan fingerprint density at radius 1 is 1.25 bits per heavy atom. The number of rotatable bonds is 3. The molecule has 2 aliphatic rings. The van der Waals surface area contributed by atoms with Gasteiger partial charge in [0.25, 0.3) is 11.9 Å². The van der Waals surface area contributed by atoms with Gasteiger partial charge < -0.3 is 14.7 Å². The zero-order chi connectivity index (χ0) is 16.9. The number of carbonyl (C=O) groups is 2. The summed E-state index contributed by atoms with van der Waals surface area (Å²) in [5, 5.41) is 6.66. The lowest BCUT2D eigenvalue weighted by Gasteiger charge is -2.19. The van der Waals surface area contributed by atoms with Gasteiger partial charge in [-0.25, -0.2) is 4.79 Å². The average Bonchev–Trinajstić information content (AvgIpc) is 3.21. The third-order valence-corrected chi connectivity index (χ3v) is 4.50. The number of aromatic nitrogens is 2. The Labute approximate surface area is 138 Å². The lowest BCUT2D eigenvalue weighted by Crippen LogP contribution is -2.47. The van der Waals surface area contributed by atoms with Gasteiger partial charge in [-0.3, -0.25) is 9.69 Å². The summed E-state index contributed by atoms with van der Waals surface area (Å²) < 4.78 is 5.12. The summed E-state index contributed by atoms with van der Waals surface area (Å²) in [4.78, 5) is 32.2. The molecule has 1 fully saturated rings. The van der Waals surface area contributed by atoms with E-state index in [0.717, 1.165) is 16.0 Å². The molecule has 1 spiro atoms. The maximum atomic E-state index is 12.9. The first kappa shape index (κ1) is 14.7. The van der Waals surface area contributed by atoms with Crippen LogP contribution in [0.15, 0.2) is 28.8 Å². The SMILES string of the molecule is CN(C)c1noc(CN2C(=O)NC3(Cc4ccccc4C3)C2=O)n1. The van der Waals surface area contributed by atoms with Crippen molar-refractivity contribution in [3.63, 3.8) is 0 Å². The number of carbonyl (C=O) groups excluding carboxylic acids is 2. The van der Waals surface area contributed by atoms with Crippen molar-refractivity contribution in [1.82, 2.24) is 20.4 Å². The Morgan fingerprint density at radius 2 is 1.92 bits per heavy atom. The number of hydrogen-bond donors (Lipinski definition) is 1. The number of nitrogens with one attached hydrogen (secondary N) is 1. The van der Waals surface area contributed by atoms with Gasteiger partial charge in [-0.2, -0.15) is 4.98 Å². The molecule has 1 aromatic heterocycles. The lowest BCUT2D eigenvalue weighted by atomic mass is 9.96. The largest absolute Gasteiger partial charge is 0.344 e. The molecular formula is C16H17N5O3. The number of nitrogens with zero attached hydrogens (tertiary/aromatic N) is 4. The minimum absolute atomic E-state index is 0.0242. The number of hydrogen-bond acceptors (Lipinski definition) is 6. The molecule has 4 rings (SSSR count). The highest BCUT2D eigenvalue weighted by Gasteiger charge is 2.54. The summed E-state index contributed by atoms with van der Waals surface area (Å²) in [7, 11) is 3.57. The van der Waals surface area contributed by atoms with E-state index in [1.165, 1.54) is 0 Å². The Bertz CT molecular complexity index is 804. The number of anilines is 1. The maximum Gasteiger partial charge on any atom is 0.325 e. The summed E-state index contributed by atoms with van der Waals surface area (Å²) in [5.74, 6) is 0.392. The van der Waals surface area contributed by atoms with Crippen molar-refractivity contribution in [3.8, 4) is 0 Å². The predicted octanol–water partition coefficient (Wildman–Crippen LogP) is 0.725. The fourth-order valence-corrected chi connectivity index (χ4v) is 3.30. The predicted molar refractivity (Wildman–Crippen MR) is 84.3 cm³/mol. The molecule has 124 valence electrons. The highest BCUT2D eigenvalue weighted by Crippen LogP contribution is 2.35. The fourth-order valence-electron chi connectivity index (χ4n) is 3.30. The molecule has 1 aromatic carbocycles. The molecule has 2 heterocycles. The molecule has 0 bridgehead atoms. The van der Waals surface area contributed by atoms with Gasteiger partial charge in [0.15, 0.2) is 0 Å². The van der Waals surface area contributed by atoms with E-state index in [1.807, 2.05) is 24.3 Å². The smallest absolute Gasteiger partial charge is 0.325 e. The molecule has 0 saturated carbocycles. The van der Waals surface area contributed by atoms with Crippen molar-refractivity contribution in [2.24, 2.45) is 0 Å². The van der Waals surface area contributed by atoms with Gasteiger partial charge in [0.2, 0.25) is 5.89 Å². The van der Waals surface area contributed by atoms with Crippen molar-refractivity contribution in [2.75, 3.05) is 19.0 Å². The van der Waals surface area contributed by atoms with Gasteiger partial charge in [0.1, 0.15) is 12.1 Å². The molecule has 1 aliphatic carbocycles. The highest BCUT2D eigenvalue weighted by molar-refractivity contribution is 6.07. The van der Waals surface area contributed by atoms with Crippen LogP contribution in [-0.4, -0.2) is 46.6 Å². The molecule has 1 N–H and O–H groups in total. The van der Waals surface area contributed by atoms with Crippen molar-refractivity contribution >= 4 is 17.9 Å². The van der Waals surface area contributed by atoms with E-state index in [4.69, 9.17) is 4.52 Å². The van der Waals surface area contributed by atoms with E-state index in [9.17, 15) is 9.59 Å². The molecule has 0 atom stereocenters. The lowest BCUT2D eigenvalue weighted by molar-refractivity contribution is -0.131. The van der Waals surface area contributed by atoms with E-state index >= 15 is 0 Å². The number of imide groups is 1. The first-order chi connectivity index (χ1) is 11.5. The van der Waals surface area contributed by atoms with Crippen molar-refractivity contribution < 1.29 is 14.1 Å². The molecule has 0 unspecified atom stereocenters. The molecule has 1 aliphatic heterocycles. The maximum absolute atomic E-state index is 12.9. The van der Waals surface area contributed by atoms with Gasteiger partial charge in [0, 0.05) is 26.9 Å². The first-order valence-electron chi connectivity index (χ1n) is 7.69. The van der Waals surface area contributed by atoms with E-state index in [-0.39, 0.29) is 18.3 Å². The normalized spacial score (nSPS) is 18.2. The van der Waals surface area contributed by atoms with Crippen LogP contribution in [-0.2, 0) is 24.2 Å². The van der Waals surface area contributed by atoms with E-state index in [0.29, 0.717) is 18.8 Å². The van der Waals surface area contributed by atoms with Crippen LogP contribution < -0.4 is 10.2 Å². The van der Waals surface area contributed by atoms with E-state index in [2.05, 4.69) is 15.5 Å². The third kappa shape index (κ3) is 2.14. The van der Waals surface area contributed by atoms with E-state index < -0.39 is 11.6 Å². The number of amides is 3. The van der Waals surface area contributed by atoms with Crippen LogP contribution in [0.2, 0.25) is 0 Å². The zero-order valence-corrected chi connectivity index (χ0v) is 13.4. The first-order valence-corrected chi connectivity index (χ1v) is 7.69. The molecular weight excluding hydrogens is 310 g/mol. The Hall–Kier alpha value is -2.90. The zero-order valence-electron chi connectivity index (χ0n) is 13.4. The van der Waals surface area contributed by atoms with Gasteiger partial charge in [-0.1, -0.05) is 24.3 Å². The molecule has 2 aromatic rings. The van der Waals surface area contributed by atoms with Crippen LogP contribution in [0.25, 0.3) is 0 Å². The van der Waals surface area contributed by atoms with Crippen LogP contribution in [0.5, 0.6) is 0 Å². The van der Waals surface area contributed by atoms with Crippen LogP contribution in [0.3, 0.4) is 0 Å². The molecule has 8 heteroatoms. The standard InChI is InChI=1S/C16H17N5O3/c1-20(2)14-17-12(24-19-14)9-21-13(22)16(18-15(21)23)7-10-5-3-4-6-11(10)8-16/h3-6H,7-9H2,1-2H3,(H,18,23). The number of benzene rings is 1. The summed E-state index contributed by atoms with van der Waals surface area (Å²) in [6.45, 7) is -0.0242. The Balaban J connectivity index is 1.56. The highest BCUT2D eigenvalue weighted by atomic mass is 16.5. The van der Waals surface area contributed by atoms with Crippen LogP contribution in [0.1, 0.15) is 17.0 Å². The Morgan fingerprint density at radius 3 is 2.50 bits per heavy atom. The minimum Gasteiger partial charge on any atom is -0.344 e. The second-order valence-corrected chi connectivity index (χ2v) is 6.41. The topological polar surface area (TPSA) is 91.6 Å². The van der Waals surface area contributed by atoms with Gasteiger partial charge >= 0.3 is 6.03 Å². The van der Waals surface area contributed by atoms with E-state index in [1.54, 1.807) is 19.0 Å². The molecule has 8 nitrogen and oxygen atoms in total. The monoisotopic (exact) mass is 327 g/mol. The fraction of sp³-hybridized carbons (Fsp3) is 0.375. The van der Waals surface area contributed by atoms with Crippen LogP contribution in [0.4, 0.5) is 10.7 Å². The summed E-state index contributed by atoms with van der Waals surface area (Å²) in [5.41, 5.74) is 1.31. The summed E-state index contributed by atoms with van der Waals surface area (Å²) in [6.07, 6.45) is 1.02. The molecule has 3 amide bonds. The van der Waals surface area contributed by atoms with Gasteiger partial charge in [-0.15, -0.1) is 0 Å². The van der Waals surface area contributed by atoms with Crippen LogP contribution >= 0.6 is 0 Å². The van der Waals surface area contributed by atoms with Gasteiger partial charge in [0.05, 0.1) is 0 Å². The second-order valence-electron chi connectivity index (χ2n) is 6.41. The quantitative estimate of drug-likeness (QED) is 0.836. The van der Waals surface area contributed by atoms with Crippen molar-refractivity contribution in [3.05, 3.63) is 41.3 Å². The minimum atomic E-state index is -0.884. The number of urea groups is 1. The summed E-state index contributed by atoms with van der Waals surface area (Å²) in [6, 6.07) is 7.45. The molecule has 1 saturated heterocycles. The third-order valence-electron chi connectivity index (χ3n) is 4.50. The molecule has 0 radical (unpaired) electrons. The average molecular weight is 327 g/mol. The van der Waals surface area contributed by atoms with Gasteiger partial charge in [-0.05, 0) is 16.3 Å². The van der Waals surface area contributed by atoms with Crippen molar-refractivity contribution in [1.29, 1.82) is 0 Å². The number of fused-ring (bicyclic) bond motifs is 1. The van der Waals surface area contributed by atoms with Crippen LogP contribution in [0, 0.1) is 0 Å².